The Morgan fingerprint density at radius 2 is 1.67 bits per heavy atom. The van der Waals surface area contributed by atoms with Crippen LogP contribution < -0.4 is 5.32 Å². The lowest BCUT2D eigenvalue weighted by Crippen LogP contribution is -2.59. The predicted octanol–water partition coefficient (Wildman–Crippen LogP) is 2.90. The first-order chi connectivity index (χ1) is 8.39. The Bertz CT molecular complexity index is 201. The fourth-order valence-electron chi connectivity index (χ4n) is 2.38. The molecule has 0 bridgehead atoms. The first kappa shape index (κ1) is 17.9. The summed E-state index contributed by atoms with van der Waals surface area (Å²) in [6, 6.07) is 0.375. The Morgan fingerprint density at radius 3 is 2.06 bits per heavy atom. The van der Waals surface area contributed by atoms with Crippen LogP contribution in [0.3, 0.4) is 0 Å². The minimum atomic E-state index is 0.119. The molecule has 3 heteroatoms. The van der Waals surface area contributed by atoms with Crippen molar-refractivity contribution in [2.24, 2.45) is 0 Å². The number of nitrogens with one attached hydrogen (secondary N) is 1. The zero-order valence-corrected chi connectivity index (χ0v) is 13.5. The van der Waals surface area contributed by atoms with Crippen LogP contribution in [0.25, 0.3) is 0 Å². The molecule has 0 aromatic heterocycles. The summed E-state index contributed by atoms with van der Waals surface area (Å²) in [6.45, 7) is 19.5. The SMILES string of the molecule is CCCNC(COC(C)C)C(C)(C)N(CC)CC. The van der Waals surface area contributed by atoms with Crippen molar-refractivity contribution in [2.45, 2.75) is 72.6 Å². The average Bonchev–Trinajstić information content (AvgIpc) is 2.29. The minimum Gasteiger partial charge on any atom is -0.377 e. The molecule has 0 aliphatic heterocycles. The quantitative estimate of drug-likeness (QED) is 0.652. The topological polar surface area (TPSA) is 24.5 Å². The van der Waals surface area contributed by atoms with E-state index in [0.717, 1.165) is 32.7 Å². The third kappa shape index (κ3) is 5.68. The van der Waals surface area contributed by atoms with E-state index in [-0.39, 0.29) is 5.54 Å². The third-order valence-electron chi connectivity index (χ3n) is 3.67. The molecule has 0 radical (unpaired) electrons. The molecule has 0 aromatic carbocycles. The van der Waals surface area contributed by atoms with Crippen LogP contribution in [0.2, 0.25) is 0 Å². The van der Waals surface area contributed by atoms with Gasteiger partial charge in [-0.15, -0.1) is 0 Å². The fraction of sp³-hybridized carbons (Fsp3) is 1.00. The minimum absolute atomic E-state index is 0.119. The number of rotatable bonds is 10. The Balaban J connectivity index is 4.67. The molecule has 18 heavy (non-hydrogen) atoms. The first-order valence-corrected chi connectivity index (χ1v) is 7.50. The van der Waals surface area contributed by atoms with E-state index >= 15 is 0 Å². The average molecular weight is 258 g/mol. The molecule has 0 saturated carbocycles. The van der Waals surface area contributed by atoms with Crippen molar-refractivity contribution in [3.05, 3.63) is 0 Å². The maximum atomic E-state index is 5.84. The number of likely N-dealkylation sites (N-methyl/N-ethyl adjacent to an activating group) is 1. The smallest absolute Gasteiger partial charge is 0.0641 e. The van der Waals surface area contributed by atoms with Crippen LogP contribution in [0.5, 0.6) is 0 Å². The van der Waals surface area contributed by atoms with Crippen LogP contribution in [-0.4, -0.2) is 48.8 Å². The standard InChI is InChI=1S/C15H34N2O/c1-8-11-16-14(12-18-13(4)5)15(6,7)17(9-2)10-3/h13-14,16H,8-12H2,1-7H3. The van der Waals surface area contributed by atoms with Gasteiger partial charge in [0.1, 0.15) is 0 Å². The van der Waals surface area contributed by atoms with Gasteiger partial charge in [0.2, 0.25) is 0 Å². The molecule has 1 unspecified atom stereocenters. The van der Waals surface area contributed by atoms with Crippen molar-refractivity contribution in [1.29, 1.82) is 0 Å². The lowest BCUT2D eigenvalue weighted by Gasteiger charge is -2.44. The van der Waals surface area contributed by atoms with Crippen LogP contribution in [0.4, 0.5) is 0 Å². The third-order valence-corrected chi connectivity index (χ3v) is 3.67. The zero-order chi connectivity index (χ0) is 14.2. The first-order valence-electron chi connectivity index (χ1n) is 7.50. The highest BCUT2D eigenvalue weighted by Gasteiger charge is 2.33. The molecule has 0 rings (SSSR count). The highest BCUT2D eigenvalue weighted by molar-refractivity contribution is 4.93. The Labute approximate surface area is 114 Å². The summed E-state index contributed by atoms with van der Waals surface area (Å²) in [7, 11) is 0. The van der Waals surface area contributed by atoms with Crippen molar-refractivity contribution in [2.75, 3.05) is 26.2 Å². The Morgan fingerprint density at radius 1 is 1.11 bits per heavy atom. The van der Waals surface area contributed by atoms with Crippen molar-refractivity contribution < 1.29 is 4.74 Å². The lowest BCUT2D eigenvalue weighted by molar-refractivity contribution is 0.00701. The van der Waals surface area contributed by atoms with Gasteiger partial charge < -0.3 is 10.1 Å². The molecule has 3 nitrogen and oxygen atoms in total. The van der Waals surface area contributed by atoms with Crippen molar-refractivity contribution in [1.82, 2.24) is 10.2 Å². The van der Waals surface area contributed by atoms with Gasteiger partial charge in [-0.25, -0.2) is 0 Å². The van der Waals surface area contributed by atoms with Crippen molar-refractivity contribution >= 4 is 0 Å². The van der Waals surface area contributed by atoms with Gasteiger partial charge in [-0.2, -0.15) is 0 Å². The summed E-state index contributed by atoms with van der Waals surface area (Å²) in [4.78, 5) is 2.50. The molecule has 1 atom stereocenters. The molecular formula is C15H34N2O. The van der Waals surface area contributed by atoms with Gasteiger partial charge in [0, 0.05) is 11.6 Å². The molecule has 0 spiro atoms. The van der Waals surface area contributed by atoms with E-state index in [4.69, 9.17) is 4.74 Å². The Kier molecular flexibility index (Phi) is 8.83. The number of ether oxygens (including phenoxy) is 1. The summed E-state index contributed by atoms with van der Waals surface area (Å²) in [5.74, 6) is 0. The van der Waals surface area contributed by atoms with E-state index in [2.05, 4.69) is 58.7 Å². The largest absolute Gasteiger partial charge is 0.377 e. The molecule has 0 aliphatic carbocycles. The van der Waals surface area contributed by atoms with Crippen LogP contribution in [0.1, 0.15) is 54.9 Å². The molecule has 0 saturated heterocycles. The van der Waals surface area contributed by atoms with Crippen LogP contribution in [0, 0.1) is 0 Å². The maximum Gasteiger partial charge on any atom is 0.0641 e. The molecule has 110 valence electrons. The Hall–Kier alpha value is -0.120. The molecule has 1 N–H and O–H groups in total. The maximum absolute atomic E-state index is 5.84. The van der Waals surface area contributed by atoms with E-state index in [9.17, 15) is 0 Å². The summed E-state index contributed by atoms with van der Waals surface area (Å²) in [5.41, 5.74) is 0.119. The highest BCUT2D eigenvalue weighted by atomic mass is 16.5. The summed E-state index contributed by atoms with van der Waals surface area (Å²) in [6.07, 6.45) is 1.45. The number of nitrogens with zero attached hydrogens (tertiary/aromatic N) is 1. The van der Waals surface area contributed by atoms with Gasteiger partial charge in [-0.1, -0.05) is 20.8 Å². The van der Waals surface area contributed by atoms with Gasteiger partial charge in [0.15, 0.2) is 0 Å². The van der Waals surface area contributed by atoms with Gasteiger partial charge >= 0.3 is 0 Å². The van der Waals surface area contributed by atoms with E-state index in [1.54, 1.807) is 0 Å². The van der Waals surface area contributed by atoms with Crippen LogP contribution >= 0.6 is 0 Å². The second kappa shape index (κ2) is 8.89. The molecule has 0 fully saturated rings. The van der Waals surface area contributed by atoms with Gasteiger partial charge in [-0.05, 0) is 53.8 Å². The zero-order valence-electron chi connectivity index (χ0n) is 13.5. The fourth-order valence-corrected chi connectivity index (χ4v) is 2.38. The van der Waals surface area contributed by atoms with Gasteiger partial charge in [0.25, 0.3) is 0 Å². The molecule has 0 aliphatic rings. The predicted molar refractivity (Wildman–Crippen MR) is 80.2 cm³/mol. The lowest BCUT2D eigenvalue weighted by atomic mass is 9.92. The van der Waals surface area contributed by atoms with E-state index in [1.165, 1.54) is 0 Å². The summed E-state index contributed by atoms with van der Waals surface area (Å²) < 4.78 is 5.84. The van der Waals surface area contributed by atoms with E-state index in [1.807, 2.05) is 0 Å². The van der Waals surface area contributed by atoms with E-state index < -0.39 is 0 Å². The van der Waals surface area contributed by atoms with Crippen LogP contribution in [-0.2, 0) is 4.74 Å². The highest BCUT2D eigenvalue weighted by Crippen LogP contribution is 2.19. The monoisotopic (exact) mass is 258 g/mol. The number of hydrogen-bond donors (Lipinski definition) is 1. The normalized spacial score (nSPS) is 14.5. The van der Waals surface area contributed by atoms with Crippen LogP contribution in [0.15, 0.2) is 0 Å². The van der Waals surface area contributed by atoms with Gasteiger partial charge in [-0.3, -0.25) is 4.90 Å². The number of hydrogen-bond acceptors (Lipinski definition) is 3. The van der Waals surface area contributed by atoms with Gasteiger partial charge in [0.05, 0.1) is 12.7 Å². The molecular weight excluding hydrogens is 224 g/mol. The summed E-state index contributed by atoms with van der Waals surface area (Å²) in [5, 5.41) is 3.65. The van der Waals surface area contributed by atoms with Crippen molar-refractivity contribution in [3.63, 3.8) is 0 Å². The molecule has 0 aromatic rings. The molecule has 0 heterocycles. The molecule has 0 amide bonds. The van der Waals surface area contributed by atoms with Crippen molar-refractivity contribution in [3.8, 4) is 0 Å². The second-order valence-corrected chi connectivity index (χ2v) is 5.71. The second-order valence-electron chi connectivity index (χ2n) is 5.71. The summed E-state index contributed by atoms with van der Waals surface area (Å²) >= 11 is 0. The van der Waals surface area contributed by atoms with E-state index in [0.29, 0.717) is 12.1 Å².